The number of fused-ring (bicyclic) bond motifs is 2. The molecule has 0 fully saturated rings. The predicted molar refractivity (Wildman–Crippen MR) is 72.5 cm³/mol. The molecule has 1 N–H and O–H groups in total. The Balaban J connectivity index is 2.09. The van der Waals surface area contributed by atoms with Crippen LogP contribution in [0.1, 0.15) is 17.7 Å². The number of hydrogen-bond acceptors (Lipinski definition) is 3. The minimum Gasteiger partial charge on any atom is -0.383 e. The zero-order valence-electron chi connectivity index (χ0n) is 11.0. The van der Waals surface area contributed by atoms with Crippen LogP contribution in [0.3, 0.4) is 0 Å². The van der Waals surface area contributed by atoms with Crippen molar-refractivity contribution in [2.24, 2.45) is 0 Å². The van der Waals surface area contributed by atoms with Gasteiger partial charge in [-0.25, -0.2) is 8.78 Å². The first kappa shape index (κ1) is 11.6. The third kappa shape index (κ3) is 1.35. The summed E-state index contributed by atoms with van der Waals surface area (Å²) in [6, 6.07) is 3.29. The van der Waals surface area contributed by atoms with E-state index < -0.39 is 11.7 Å². The number of rotatable bonds is 0. The Morgan fingerprint density at radius 1 is 1.35 bits per heavy atom. The number of nitrogens with one attached hydrogen (secondary N) is 1. The molecule has 3 heterocycles. The molecule has 1 atom stereocenters. The second kappa shape index (κ2) is 3.91. The second-order valence-corrected chi connectivity index (χ2v) is 5.26. The summed E-state index contributed by atoms with van der Waals surface area (Å²) in [7, 11) is 1.90. The van der Waals surface area contributed by atoms with Gasteiger partial charge in [-0.1, -0.05) is 0 Å². The van der Waals surface area contributed by atoms with Crippen LogP contribution in [-0.4, -0.2) is 29.5 Å². The quantitative estimate of drug-likeness (QED) is 0.787. The van der Waals surface area contributed by atoms with Gasteiger partial charge in [-0.15, -0.1) is 0 Å². The number of allylic oxidation sites excluding steroid dienone is 1. The maximum atomic E-state index is 14.5. The highest BCUT2D eigenvalue weighted by atomic mass is 19.2. The summed E-state index contributed by atoms with van der Waals surface area (Å²) in [5, 5.41) is 3.27. The Hall–Kier alpha value is -2.17. The fourth-order valence-corrected chi connectivity index (χ4v) is 3.23. The van der Waals surface area contributed by atoms with Crippen LogP contribution < -0.4 is 5.32 Å². The SMILES string of the molecule is CN1C=C2C(F)=C(F)c3cccnc3C3=C2C1CCN3. The van der Waals surface area contributed by atoms with E-state index in [0.717, 1.165) is 24.2 Å². The molecule has 1 aromatic rings. The van der Waals surface area contributed by atoms with Crippen molar-refractivity contribution < 1.29 is 8.78 Å². The largest absolute Gasteiger partial charge is 0.383 e. The number of hydrogen-bond donors (Lipinski definition) is 1. The summed E-state index contributed by atoms with van der Waals surface area (Å²) in [4.78, 5) is 6.21. The van der Waals surface area contributed by atoms with Gasteiger partial charge in [0.05, 0.1) is 17.4 Å². The van der Waals surface area contributed by atoms with E-state index in [1.165, 1.54) is 0 Å². The molecule has 0 bridgehead atoms. The highest BCUT2D eigenvalue weighted by molar-refractivity contribution is 5.86. The average Bonchev–Trinajstić information content (AvgIpc) is 2.79. The maximum Gasteiger partial charge on any atom is 0.168 e. The fourth-order valence-electron chi connectivity index (χ4n) is 3.23. The highest BCUT2D eigenvalue weighted by Crippen LogP contribution is 2.45. The van der Waals surface area contributed by atoms with Crippen molar-refractivity contribution in [1.82, 2.24) is 15.2 Å². The van der Waals surface area contributed by atoms with Crippen molar-refractivity contribution in [2.45, 2.75) is 12.5 Å². The van der Waals surface area contributed by atoms with Crippen molar-refractivity contribution in [3.63, 3.8) is 0 Å². The topological polar surface area (TPSA) is 28.2 Å². The molecule has 0 radical (unpaired) electrons. The zero-order valence-corrected chi connectivity index (χ0v) is 11.0. The molecule has 20 heavy (non-hydrogen) atoms. The molecule has 1 aliphatic carbocycles. The van der Waals surface area contributed by atoms with Gasteiger partial charge in [0.15, 0.2) is 11.7 Å². The molecule has 0 saturated heterocycles. The Morgan fingerprint density at radius 2 is 2.20 bits per heavy atom. The molecule has 0 amide bonds. The second-order valence-electron chi connectivity index (χ2n) is 5.26. The summed E-state index contributed by atoms with van der Waals surface area (Å²) in [6.07, 6.45) is 4.16. The minimum absolute atomic E-state index is 0.0905. The van der Waals surface area contributed by atoms with E-state index in [2.05, 4.69) is 10.3 Å². The van der Waals surface area contributed by atoms with Gasteiger partial charge < -0.3 is 10.2 Å². The maximum absolute atomic E-state index is 14.5. The van der Waals surface area contributed by atoms with Gasteiger partial charge in [-0.05, 0) is 18.6 Å². The summed E-state index contributed by atoms with van der Waals surface area (Å²) in [5.74, 6) is -1.62. The van der Waals surface area contributed by atoms with Crippen molar-refractivity contribution in [2.75, 3.05) is 13.6 Å². The van der Waals surface area contributed by atoms with E-state index in [1.807, 2.05) is 11.9 Å². The standard InChI is InChI=1S/C15H13F2N3/c1-20-7-9-11-10(20)4-6-19-15(11)14-8(3-2-5-18-14)12(16)13(9)17/h2-3,5,7,10,19H,4,6H2,1H3. The molecule has 0 aromatic carbocycles. The molecular formula is C15H13F2N3. The third-order valence-electron chi connectivity index (χ3n) is 4.15. The molecule has 2 aliphatic heterocycles. The average molecular weight is 273 g/mol. The van der Waals surface area contributed by atoms with Crippen molar-refractivity contribution >= 4 is 11.5 Å². The zero-order chi connectivity index (χ0) is 13.9. The number of nitrogens with zero attached hydrogens (tertiary/aromatic N) is 2. The van der Waals surface area contributed by atoms with Crippen LogP contribution in [0.5, 0.6) is 0 Å². The lowest BCUT2D eigenvalue weighted by molar-refractivity contribution is 0.365. The van der Waals surface area contributed by atoms with Gasteiger partial charge in [0.25, 0.3) is 0 Å². The van der Waals surface area contributed by atoms with Crippen molar-refractivity contribution in [1.29, 1.82) is 0 Å². The van der Waals surface area contributed by atoms with Crippen molar-refractivity contribution in [3.8, 4) is 0 Å². The number of halogens is 2. The van der Waals surface area contributed by atoms with Gasteiger partial charge >= 0.3 is 0 Å². The molecule has 5 heteroatoms. The number of pyridine rings is 1. The molecular weight excluding hydrogens is 260 g/mol. The van der Waals surface area contributed by atoms with E-state index in [0.29, 0.717) is 11.3 Å². The Labute approximate surface area is 115 Å². The van der Waals surface area contributed by atoms with Gasteiger partial charge in [-0.3, -0.25) is 4.98 Å². The van der Waals surface area contributed by atoms with Crippen LogP contribution in [-0.2, 0) is 0 Å². The van der Waals surface area contributed by atoms with E-state index in [4.69, 9.17) is 0 Å². The Kier molecular flexibility index (Phi) is 2.28. The molecule has 102 valence electrons. The third-order valence-corrected chi connectivity index (χ3v) is 4.15. The minimum atomic E-state index is -0.829. The van der Waals surface area contributed by atoms with E-state index in [9.17, 15) is 8.78 Å². The van der Waals surface area contributed by atoms with Crippen LogP contribution in [0.2, 0.25) is 0 Å². The monoisotopic (exact) mass is 273 g/mol. The first-order valence-corrected chi connectivity index (χ1v) is 6.62. The lowest BCUT2D eigenvalue weighted by atomic mass is 9.93. The molecule has 1 aromatic heterocycles. The first-order chi connectivity index (χ1) is 9.68. The number of likely N-dealkylation sites (N-methyl/N-ethyl adjacent to an activating group) is 1. The predicted octanol–water partition coefficient (Wildman–Crippen LogP) is 2.61. The van der Waals surface area contributed by atoms with Crippen LogP contribution >= 0.6 is 0 Å². The first-order valence-electron chi connectivity index (χ1n) is 6.62. The lowest BCUT2D eigenvalue weighted by Crippen LogP contribution is -2.35. The van der Waals surface area contributed by atoms with Gasteiger partial charge in [0.2, 0.25) is 0 Å². The molecule has 0 saturated carbocycles. The van der Waals surface area contributed by atoms with Crippen molar-refractivity contribution in [3.05, 3.63) is 52.8 Å². The van der Waals surface area contributed by atoms with E-state index in [-0.39, 0.29) is 11.6 Å². The molecule has 0 spiro atoms. The van der Waals surface area contributed by atoms with Gasteiger partial charge in [-0.2, -0.15) is 0 Å². The Morgan fingerprint density at radius 3 is 3.05 bits per heavy atom. The molecule has 1 unspecified atom stereocenters. The summed E-state index contributed by atoms with van der Waals surface area (Å²) in [6.45, 7) is 0.772. The van der Waals surface area contributed by atoms with Crippen LogP contribution in [0.4, 0.5) is 8.78 Å². The number of aromatic nitrogens is 1. The lowest BCUT2D eigenvalue weighted by Gasteiger charge is -2.29. The summed E-state index contributed by atoms with van der Waals surface area (Å²) in [5.41, 5.74) is 2.64. The Bertz CT molecular complexity index is 703. The fraction of sp³-hybridized carbons (Fsp3) is 0.267. The summed E-state index contributed by atoms with van der Waals surface area (Å²) >= 11 is 0. The van der Waals surface area contributed by atoms with Crippen LogP contribution in [0.25, 0.3) is 11.5 Å². The normalized spacial score (nSPS) is 24.1. The van der Waals surface area contributed by atoms with Gasteiger partial charge in [0.1, 0.15) is 0 Å². The molecule has 3 aliphatic rings. The molecule has 3 nitrogen and oxygen atoms in total. The van der Waals surface area contributed by atoms with E-state index >= 15 is 0 Å². The van der Waals surface area contributed by atoms with Gasteiger partial charge in [0, 0.05) is 42.7 Å². The summed E-state index contributed by atoms with van der Waals surface area (Å²) < 4.78 is 28.9. The van der Waals surface area contributed by atoms with Crippen LogP contribution in [0, 0.1) is 0 Å². The molecule has 4 rings (SSSR count). The highest BCUT2D eigenvalue weighted by Gasteiger charge is 2.39. The smallest absolute Gasteiger partial charge is 0.168 e. The van der Waals surface area contributed by atoms with E-state index in [1.54, 1.807) is 24.5 Å². The van der Waals surface area contributed by atoms with Crippen LogP contribution in [0.15, 0.2) is 41.5 Å².